The number of thiophene rings is 1. The van der Waals surface area contributed by atoms with E-state index in [2.05, 4.69) is 5.32 Å². The number of hydrogen-bond donors (Lipinski definition) is 1. The molecule has 0 unspecified atom stereocenters. The van der Waals surface area contributed by atoms with Crippen molar-refractivity contribution in [3.05, 3.63) is 69.5 Å². The first-order chi connectivity index (χ1) is 15.2. The molecular formula is C22H19F2NO6S. The Balaban J connectivity index is 1.75. The number of hydrogen-bond acceptors (Lipinski definition) is 7. The van der Waals surface area contributed by atoms with Crippen molar-refractivity contribution in [1.82, 2.24) is 0 Å². The highest BCUT2D eigenvalue weighted by Crippen LogP contribution is 2.34. The van der Waals surface area contributed by atoms with Crippen LogP contribution in [0.5, 0.6) is 5.75 Å². The summed E-state index contributed by atoms with van der Waals surface area (Å²) in [7, 11) is 0. The topological polar surface area (TPSA) is 94.8 Å². The molecule has 2 heterocycles. The van der Waals surface area contributed by atoms with E-state index >= 15 is 0 Å². The van der Waals surface area contributed by atoms with Gasteiger partial charge in [-0.3, -0.25) is 9.59 Å². The van der Waals surface area contributed by atoms with E-state index in [0.29, 0.717) is 16.5 Å². The first kappa shape index (κ1) is 23.1. The molecule has 7 nitrogen and oxygen atoms in total. The number of amides is 1. The molecule has 3 aromatic rings. The maximum absolute atomic E-state index is 13.7. The number of Topliss-reactive ketones (excluding diaryl/α,β-unsaturated/α-hetero) is 1. The normalized spacial score (nSPS) is 10.7. The average Bonchev–Trinajstić information content (AvgIpc) is 3.32. The highest BCUT2D eigenvalue weighted by Gasteiger charge is 2.26. The minimum Gasteiger partial charge on any atom is -0.483 e. The molecule has 0 aliphatic rings. The molecule has 0 atom stereocenters. The SMILES string of the molecule is CCOC(=O)c1c(NC(=O)c2ccc(COc3ccc(F)cc3F)o2)sc(C(C)=O)c1C. The largest absolute Gasteiger partial charge is 0.483 e. The van der Waals surface area contributed by atoms with Crippen LogP contribution < -0.4 is 10.1 Å². The number of furan rings is 1. The van der Waals surface area contributed by atoms with E-state index in [9.17, 15) is 23.2 Å². The van der Waals surface area contributed by atoms with Crippen molar-refractivity contribution < 1.29 is 37.1 Å². The van der Waals surface area contributed by atoms with E-state index in [1.807, 2.05) is 0 Å². The van der Waals surface area contributed by atoms with Gasteiger partial charge in [-0.25, -0.2) is 13.6 Å². The van der Waals surface area contributed by atoms with Crippen molar-refractivity contribution in [3.63, 3.8) is 0 Å². The summed E-state index contributed by atoms with van der Waals surface area (Å²) >= 11 is 0.968. The average molecular weight is 463 g/mol. The summed E-state index contributed by atoms with van der Waals surface area (Å²) in [4.78, 5) is 37.2. The lowest BCUT2D eigenvalue weighted by atomic mass is 10.1. The number of rotatable bonds is 8. The second-order valence-corrected chi connectivity index (χ2v) is 7.64. The second kappa shape index (κ2) is 9.73. The molecule has 0 spiro atoms. The van der Waals surface area contributed by atoms with Crippen LogP contribution in [0.25, 0.3) is 0 Å². The Labute approximate surface area is 185 Å². The van der Waals surface area contributed by atoms with Crippen LogP contribution >= 0.6 is 11.3 Å². The lowest BCUT2D eigenvalue weighted by molar-refractivity contribution is 0.0527. The van der Waals surface area contributed by atoms with Crippen LogP contribution in [0.1, 0.15) is 55.8 Å². The lowest BCUT2D eigenvalue weighted by Gasteiger charge is -2.06. The predicted octanol–water partition coefficient (Wildman–Crippen LogP) is 5.14. The summed E-state index contributed by atoms with van der Waals surface area (Å²) < 4.78 is 42.3. The molecule has 0 bridgehead atoms. The van der Waals surface area contributed by atoms with Crippen LogP contribution in [0.15, 0.2) is 34.7 Å². The molecular weight excluding hydrogens is 444 g/mol. The van der Waals surface area contributed by atoms with Gasteiger partial charge in [0.25, 0.3) is 5.91 Å². The van der Waals surface area contributed by atoms with Gasteiger partial charge in [-0.2, -0.15) is 0 Å². The molecule has 0 saturated carbocycles. The number of nitrogens with one attached hydrogen (secondary N) is 1. The third kappa shape index (κ3) is 5.02. The predicted molar refractivity (Wildman–Crippen MR) is 112 cm³/mol. The van der Waals surface area contributed by atoms with E-state index in [0.717, 1.165) is 23.5 Å². The maximum Gasteiger partial charge on any atom is 0.341 e. The number of benzene rings is 1. The summed E-state index contributed by atoms with van der Waals surface area (Å²) in [6.45, 7) is 4.55. The van der Waals surface area contributed by atoms with Gasteiger partial charge in [-0.05, 0) is 50.6 Å². The van der Waals surface area contributed by atoms with Crippen molar-refractivity contribution in [2.45, 2.75) is 27.4 Å². The summed E-state index contributed by atoms with van der Waals surface area (Å²) in [5.74, 6) is -3.20. The molecule has 0 aliphatic carbocycles. The van der Waals surface area contributed by atoms with E-state index in [1.165, 1.54) is 19.1 Å². The zero-order chi connectivity index (χ0) is 23.4. The van der Waals surface area contributed by atoms with Gasteiger partial charge in [-0.15, -0.1) is 11.3 Å². The molecule has 0 saturated heterocycles. The molecule has 2 aromatic heterocycles. The van der Waals surface area contributed by atoms with Gasteiger partial charge in [0.1, 0.15) is 23.2 Å². The third-order valence-electron chi connectivity index (χ3n) is 4.32. The number of esters is 1. The standard InChI is InChI=1S/C22H19F2NO6S/c1-4-29-22(28)18-11(2)19(12(3)26)32-21(18)25-20(27)17-8-6-14(31-17)10-30-16-7-5-13(23)9-15(16)24/h5-9H,4,10H2,1-3H3,(H,25,27). The maximum atomic E-state index is 13.7. The smallest absolute Gasteiger partial charge is 0.341 e. The zero-order valence-electron chi connectivity index (χ0n) is 17.4. The molecule has 0 fully saturated rings. The molecule has 3 rings (SSSR count). The van der Waals surface area contributed by atoms with Gasteiger partial charge < -0.3 is 19.2 Å². The Bertz CT molecular complexity index is 1180. The van der Waals surface area contributed by atoms with Gasteiger partial charge in [0, 0.05) is 6.07 Å². The van der Waals surface area contributed by atoms with Crippen molar-refractivity contribution in [2.24, 2.45) is 0 Å². The minimum absolute atomic E-state index is 0.0894. The van der Waals surface area contributed by atoms with Crippen molar-refractivity contribution >= 4 is 34.0 Å². The van der Waals surface area contributed by atoms with Crippen LogP contribution in [-0.4, -0.2) is 24.3 Å². The van der Waals surface area contributed by atoms with Crippen molar-refractivity contribution in [2.75, 3.05) is 11.9 Å². The number of carbonyl (C=O) groups excluding carboxylic acids is 3. The molecule has 1 N–H and O–H groups in total. The van der Waals surface area contributed by atoms with Crippen molar-refractivity contribution in [1.29, 1.82) is 0 Å². The van der Waals surface area contributed by atoms with Crippen LogP contribution in [0.4, 0.5) is 13.8 Å². The highest BCUT2D eigenvalue weighted by molar-refractivity contribution is 7.18. The van der Waals surface area contributed by atoms with Crippen LogP contribution in [0, 0.1) is 18.6 Å². The Kier molecular flexibility index (Phi) is 7.04. The monoisotopic (exact) mass is 463 g/mol. The Morgan fingerprint density at radius 3 is 2.56 bits per heavy atom. The van der Waals surface area contributed by atoms with E-state index in [4.69, 9.17) is 13.9 Å². The fourth-order valence-electron chi connectivity index (χ4n) is 2.87. The van der Waals surface area contributed by atoms with Gasteiger partial charge in [0.15, 0.2) is 23.1 Å². The molecule has 0 aliphatic heterocycles. The number of ether oxygens (including phenoxy) is 2. The van der Waals surface area contributed by atoms with Gasteiger partial charge in [0.05, 0.1) is 17.0 Å². The van der Waals surface area contributed by atoms with Crippen LogP contribution in [-0.2, 0) is 11.3 Å². The summed E-state index contributed by atoms with van der Waals surface area (Å²) in [5, 5.41) is 2.74. The van der Waals surface area contributed by atoms with E-state index in [-0.39, 0.29) is 46.8 Å². The number of ketones is 1. The molecule has 1 aromatic carbocycles. The molecule has 32 heavy (non-hydrogen) atoms. The van der Waals surface area contributed by atoms with Crippen LogP contribution in [0.2, 0.25) is 0 Å². The highest BCUT2D eigenvalue weighted by atomic mass is 32.1. The molecule has 0 radical (unpaired) electrons. The Morgan fingerprint density at radius 2 is 1.91 bits per heavy atom. The van der Waals surface area contributed by atoms with Gasteiger partial charge in [0.2, 0.25) is 0 Å². The number of carbonyl (C=O) groups is 3. The van der Waals surface area contributed by atoms with Crippen molar-refractivity contribution in [3.8, 4) is 5.75 Å². The van der Waals surface area contributed by atoms with E-state index < -0.39 is 23.5 Å². The molecule has 1 amide bonds. The molecule has 168 valence electrons. The second-order valence-electron chi connectivity index (χ2n) is 6.62. The summed E-state index contributed by atoms with van der Waals surface area (Å²) in [6.07, 6.45) is 0. The fourth-order valence-corrected chi connectivity index (χ4v) is 3.96. The number of anilines is 1. The van der Waals surface area contributed by atoms with Crippen LogP contribution in [0.3, 0.4) is 0 Å². The summed E-state index contributed by atoms with van der Waals surface area (Å²) in [6, 6.07) is 5.73. The van der Waals surface area contributed by atoms with E-state index in [1.54, 1.807) is 13.8 Å². The molecule has 10 heteroatoms. The quantitative estimate of drug-likeness (QED) is 0.367. The Hall–Kier alpha value is -3.53. The summed E-state index contributed by atoms with van der Waals surface area (Å²) in [5.41, 5.74) is 0.531. The lowest BCUT2D eigenvalue weighted by Crippen LogP contribution is -2.14. The minimum atomic E-state index is -0.865. The zero-order valence-corrected chi connectivity index (χ0v) is 18.2. The first-order valence-electron chi connectivity index (χ1n) is 9.50. The first-order valence-corrected chi connectivity index (χ1v) is 10.3. The third-order valence-corrected chi connectivity index (χ3v) is 5.63. The van der Waals surface area contributed by atoms with Gasteiger partial charge in [-0.1, -0.05) is 0 Å². The van der Waals surface area contributed by atoms with Gasteiger partial charge >= 0.3 is 5.97 Å². The Morgan fingerprint density at radius 1 is 1.16 bits per heavy atom. The number of halogens is 2. The fraction of sp³-hybridized carbons (Fsp3) is 0.227.